The predicted molar refractivity (Wildman–Crippen MR) is 53.5 cm³/mol. The van der Waals surface area contributed by atoms with Gasteiger partial charge in [0.05, 0.1) is 6.54 Å². The van der Waals surface area contributed by atoms with Crippen LogP contribution in [0.25, 0.3) is 0 Å². The van der Waals surface area contributed by atoms with Crippen molar-refractivity contribution in [2.24, 2.45) is 5.73 Å². The van der Waals surface area contributed by atoms with Crippen molar-refractivity contribution in [3.63, 3.8) is 0 Å². The van der Waals surface area contributed by atoms with E-state index in [2.05, 4.69) is 0 Å². The number of nitrogens with zero attached hydrogens (tertiary/aromatic N) is 1. The van der Waals surface area contributed by atoms with E-state index >= 15 is 0 Å². The van der Waals surface area contributed by atoms with Crippen molar-refractivity contribution < 1.29 is 4.79 Å². The maximum Gasteiger partial charge on any atom is 0.236 e. The number of anilines is 1. The number of carbonyl (C=O) groups excluding carboxylic acids is 1. The molecule has 0 saturated heterocycles. The Morgan fingerprint density at radius 3 is 2.46 bits per heavy atom. The van der Waals surface area contributed by atoms with E-state index < -0.39 is 0 Å². The van der Waals surface area contributed by atoms with Gasteiger partial charge in [-0.25, -0.2) is 0 Å². The molecule has 0 aliphatic heterocycles. The molecule has 0 unspecified atom stereocenters. The maximum absolute atomic E-state index is 10.7. The lowest BCUT2D eigenvalue weighted by Gasteiger charge is -2.20. The SMILES string of the molecule is CCN(CC(N)=O)c1ccccc1. The molecule has 70 valence electrons. The van der Waals surface area contributed by atoms with Crippen molar-refractivity contribution in [3.05, 3.63) is 30.3 Å². The summed E-state index contributed by atoms with van der Waals surface area (Å²) < 4.78 is 0. The first-order valence-electron chi connectivity index (χ1n) is 4.32. The molecule has 1 aromatic carbocycles. The lowest BCUT2D eigenvalue weighted by Crippen LogP contribution is -2.33. The highest BCUT2D eigenvalue weighted by atomic mass is 16.1. The fourth-order valence-corrected chi connectivity index (χ4v) is 1.21. The first-order valence-corrected chi connectivity index (χ1v) is 4.32. The molecular formula is C10H14N2O. The van der Waals surface area contributed by atoms with Gasteiger partial charge in [0.1, 0.15) is 0 Å². The molecule has 0 spiro atoms. The minimum Gasteiger partial charge on any atom is -0.368 e. The molecule has 2 N–H and O–H groups in total. The Kier molecular flexibility index (Phi) is 3.31. The zero-order chi connectivity index (χ0) is 9.68. The Balaban J connectivity index is 2.73. The summed E-state index contributed by atoms with van der Waals surface area (Å²) in [6.45, 7) is 3.06. The van der Waals surface area contributed by atoms with Crippen molar-refractivity contribution in [3.8, 4) is 0 Å². The Bertz CT molecular complexity index is 272. The zero-order valence-corrected chi connectivity index (χ0v) is 7.73. The van der Waals surface area contributed by atoms with Gasteiger partial charge in [-0.15, -0.1) is 0 Å². The highest BCUT2D eigenvalue weighted by Gasteiger charge is 2.05. The van der Waals surface area contributed by atoms with E-state index in [1.165, 1.54) is 0 Å². The number of likely N-dealkylation sites (N-methyl/N-ethyl adjacent to an activating group) is 1. The van der Waals surface area contributed by atoms with Gasteiger partial charge in [-0.05, 0) is 19.1 Å². The maximum atomic E-state index is 10.7. The van der Waals surface area contributed by atoms with E-state index in [9.17, 15) is 4.79 Å². The lowest BCUT2D eigenvalue weighted by molar-refractivity contribution is -0.116. The standard InChI is InChI=1S/C10H14N2O/c1-2-12(8-10(11)13)9-6-4-3-5-7-9/h3-7H,2,8H2,1H3,(H2,11,13). The molecule has 0 aliphatic carbocycles. The largest absolute Gasteiger partial charge is 0.368 e. The number of hydrogen-bond donors (Lipinski definition) is 1. The highest BCUT2D eigenvalue weighted by molar-refractivity contribution is 5.79. The fraction of sp³-hybridized carbons (Fsp3) is 0.300. The number of primary amides is 1. The van der Waals surface area contributed by atoms with Crippen molar-refractivity contribution in [2.75, 3.05) is 18.0 Å². The summed E-state index contributed by atoms with van der Waals surface area (Å²) in [5, 5.41) is 0. The van der Waals surface area contributed by atoms with Gasteiger partial charge in [0.15, 0.2) is 0 Å². The highest BCUT2D eigenvalue weighted by Crippen LogP contribution is 2.11. The molecule has 0 aliphatic rings. The minimum atomic E-state index is -0.300. The van der Waals surface area contributed by atoms with E-state index in [-0.39, 0.29) is 12.5 Å². The van der Waals surface area contributed by atoms with Crippen molar-refractivity contribution in [1.82, 2.24) is 0 Å². The molecule has 1 amide bonds. The number of para-hydroxylation sites is 1. The summed E-state index contributed by atoms with van der Waals surface area (Å²) in [5.41, 5.74) is 6.16. The molecule has 1 aromatic rings. The molecule has 0 aromatic heterocycles. The van der Waals surface area contributed by atoms with Crippen LogP contribution in [0, 0.1) is 0 Å². The number of nitrogens with two attached hydrogens (primary N) is 1. The summed E-state index contributed by atoms with van der Waals surface area (Å²) >= 11 is 0. The molecule has 0 saturated carbocycles. The number of benzene rings is 1. The second-order valence-corrected chi connectivity index (χ2v) is 2.82. The molecule has 13 heavy (non-hydrogen) atoms. The van der Waals surface area contributed by atoms with Gasteiger partial charge < -0.3 is 10.6 Å². The van der Waals surface area contributed by atoms with Gasteiger partial charge >= 0.3 is 0 Å². The zero-order valence-electron chi connectivity index (χ0n) is 7.73. The summed E-state index contributed by atoms with van der Waals surface area (Å²) in [5.74, 6) is -0.300. The Morgan fingerprint density at radius 2 is 2.00 bits per heavy atom. The molecule has 3 nitrogen and oxygen atoms in total. The smallest absolute Gasteiger partial charge is 0.236 e. The minimum absolute atomic E-state index is 0.278. The summed E-state index contributed by atoms with van der Waals surface area (Å²) in [6, 6.07) is 9.76. The first-order chi connectivity index (χ1) is 6.24. The van der Waals surface area contributed by atoms with Crippen LogP contribution in [0.1, 0.15) is 6.92 Å². The fourth-order valence-electron chi connectivity index (χ4n) is 1.21. The van der Waals surface area contributed by atoms with E-state index in [0.29, 0.717) is 0 Å². The Hall–Kier alpha value is -1.51. The normalized spacial score (nSPS) is 9.62. The second-order valence-electron chi connectivity index (χ2n) is 2.82. The third kappa shape index (κ3) is 2.78. The van der Waals surface area contributed by atoms with Gasteiger partial charge in [-0.3, -0.25) is 4.79 Å². The summed E-state index contributed by atoms with van der Waals surface area (Å²) in [6.07, 6.45) is 0. The van der Waals surface area contributed by atoms with Crippen LogP contribution in [0.3, 0.4) is 0 Å². The molecular weight excluding hydrogens is 164 g/mol. The van der Waals surface area contributed by atoms with Crippen LogP contribution in [0.5, 0.6) is 0 Å². The lowest BCUT2D eigenvalue weighted by atomic mass is 10.3. The van der Waals surface area contributed by atoms with Gasteiger partial charge in [-0.1, -0.05) is 18.2 Å². The second kappa shape index (κ2) is 4.50. The van der Waals surface area contributed by atoms with Crippen molar-refractivity contribution >= 4 is 11.6 Å². The third-order valence-electron chi connectivity index (χ3n) is 1.85. The first kappa shape index (κ1) is 9.58. The topological polar surface area (TPSA) is 46.3 Å². The average molecular weight is 178 g/mol. The van der Waals surface area contributed by atoms with Crippen LogP contribution < -0.4 is 10.6 Å². The molecule has 0 bridgehead atoms. The molecule has 0 atom stereocenters. The quantitative estimate of drug-likeness (QED) is 0.747. The van der Waals surface area contributed by atoms with Crippen LogP contribution in [0.15, 0.2) is 30.3 Å². The van der Waals surface area contributed by atoms with Crippen LogP contribution in [0.2, 0.25) is 0 Å². The van der Waals surface area contributed by atoms with E-state index in [1.54, 1.807) is 0 Å². The number of hydrogen-bond acceptors (Lipinski definition) is 2. The molecule has 3 heteroatoms. The Labute approximate surface area is 78.2 Å². The average Bonchev–Trinajstić information content (AvgIpc) is 2.15. The third-order valence-corrected chi connectivity index (χ3v) is 1.85. The van der Waals surface area contributed by atoms with Gasteiger partial charge in [0, 0.05) is 12.2 Å². The monoisotopic (exact) mass is 178 g/mol. The molecule has 1 rings (SSSR count). The van der Waals surface area contributed by atoms with Crippen LogP contribution in [-0.4, -0.2) is 19.0 Å². The summed E-state index contributed by atoms with van der Waals surface area (Å²) in [4.78, 5) is 12.7. The van der Waals surface area contributed by atoms with Crippen molar-refractivity contribution in [1.29, 1.82) is 0 Å². The number of amides is 1. The molecule has 0 fully saturated rings. The molecule has 0 heterocycles. The van der Waals surface area contributed by atoms with Crippen LogP contribution in [-0.2, 0) is 4.79 Å². The molecule has 0 radical (unpaired) electrons. The van der Waals surface area contributed by atoms with Crippen LogP contribution in [0.4, 0.5) is 5.69 Å². The van der Waals surface area contributed by atoms with Crippen LogP contribution >= 0.6 is 0 Å². The summed E-state index contributed by atoms with van der Waals surface area (Å²) in [7, 11) is 0. The van der Waals surface area contributed by atoms with Crippen molar-refractivity contribution in [2.45, 2.75) is 6.92 Å². The van der Waals surface area contributed by atoms with Gasteiger partial charge in [0.25, 0.3) is 0 Å². The van der Waals surface area contributed by atoms with Gasteiger partial charge in [0.2, 0.25) is 5.91 Å². The predicted octanol–water partition coefficient (Wildman–Crippen LogP) is 0.998. The van der Waals surface area contributed by atoms with Gasteiger partial charge in [-0.2, -0.15) is 0 Å². The number of rotatable bonds is 4. The van der Waals surface area contributed by atoms with E-state index in [0.717, 1.165) is 12.2 Å². The van der Waals surface area contributed by atoms with E-state index in [1.807, 2.05) is 42.2 Å². The number of carbonyl (C=O) groups is 1. The Morgan fingerprint density at radius 1 is 1.38 bits per heavy atom. The van der Waals surface area contributed by atoms with E-state index in [4.69, 9.17) is 5.73 Å².